The highest BCUT2D eigenvalue weighted by atomic mass is 14.2. The zero-order valence-corrected chi connectivity index (χ0v) is 13.0. The van der Waals surface area contributed by atoms with Gasteiger partial charge in [0, 0.05) is 0 Å². The molecule has 0 saturated heterocycles. The normalized spacial score (nSPS) is 23.7. The fraction of sp³-hybridized carbons (Fsp3) is 0.500. The van der Waals surface area contributed by atoms with Gasteiger partial charge in [-0.25, -0.2) is 0 Å². The Morgan fingerprint density at radius 2 is 1.70 bits per heavy atom. The van der Waals surface area contributed by atoms with Gasteiger partial charge in [0.2, 0.25) is 0 Å². The minimum absolute atomic E-state index is 0.789. The van der Waals surface area contributed by atoms with Crippen LogP contribution in [-0.4, -0.2) is 0 Å². The van der Waals surface area contributed by atoms with E-state index in [-0.39, 0.29) is 0 Å². The van der Waals surface area contributed by atoms with Gasteiger partial charge in [-0.2, -0.15) is 0 Å². The van der Waals surface area contributed by atoms with E-state index in [0.29, 0.717) is 0 Å². The lowest BCUT2D eigenvalue weighted by Crippen LogP contribution is -2.11. The van der Waals surface area contributed by atoms with Gasteiger partial charge >= 0.3 is 0 Å². The first-order valence-corrected chi connectivity index (χ1v) is 8.21. The zero-order chi connectivity index (χ0) is 14.2. The van der Waals surface area contributed by atoms with E-state index in [9.17, 15) is 0 Å². The lowest BCUT2D eigenvalue weighted by atomic mass is 9.78. The second-order valence-electron chi connectivity index (χ2n) is 6.01. The molecule has 0 nitrogen and oxygen atoms in total. The summed E-state index contributed by atoms with van der Waals surface area (Å²) in [5.41, 5.74) is 3.04. The Bertz CT molecular complexity index is 428. The predicted octanol–water partition coefficient (Wildman–Crippen LogP) is 6.05. The van der Waals surface area contributed by atoms with Crippen molar-refractivity contribution in [1.29, 1.82) is 0 Å². The summed E-state index contributed by atoms with van der Waals surface area (Å²) < 4.78 is 0. The van der Waals surface area contributed by atoms with Crippen molar-refractivity contribution in [3.8, 4) is 0 Å². The first-order valence-electron chi connectivity index (χ1n) is 8.21. The van der Waals surface area contributed by atoms with Gasteiger partial charge in [-0.3, -0.25) is 0 Å². The summed E-state index contributed by atoms with van der Waals surface area (Å²) in [6.45, 7) is 4.32. The summed E-state index contributed by atoms with van der Waals surface area (Å²) in [5.74, 6) is 1.58. The van der Waals surface area contributed by atoms with Crippen molar-refractivity contribution in [2.24, 2.45) is 5.92 Å². The Labute approximate surface area is 124 Å². The number of aryl methyl sites for hydroxylation is 1. The summed E-state index contributed by atoms with van der Waals surface area (Å²) in [6, 6.07) is 9.39. The van der Waals surface area contributed by atoms with Crippen molar-refractivity contribution in [2.45, 2.75) is 58.3 Å². The summed E-state index contributed by atoms with van der Waals surface area (Å²) >= 11 is 0. The molecule has 108 valence electrons. The Morgan fingerprint density at radius 1 is 1.00 bits per heavy atom. The van der Waals surface area contributed by atoms with Crippen molar-refractivity contribution < 1.29 is 0 Å². The highest BCUT2D eigenvalue weighted by Crippen LogP contribution is 2.36. The minimum Gasteiger partial charge on any atom is -0.0877 e. The SMILES string of the molecule is CC=CC=CC1CCC(c2ccc(CCC)cc2)CC1. The third-order valence-corrected chi connectivity index (χ3v) is 4.45. The Morgan fingerprint density at radius 3 is 2.30 bits per heavy atom. The van der Waals surface area contributed by atoms with Gasteiger partial charge in [-0.15, -0.1) is 0 Å². The van der Waals surface area contributed by atoms with Crippen LogP contribution in [-0.2, 0) is 6.42 Å². The van der Waals surface area contributed by atoms with E-state index in [4.69, 9.17) is 0 Å². The van der Waals surface area contributed by atoms with E-state index in [2.05, 4.69) is 62.4 Å². The molecule has 1 aromatic carbocycles. The molecule has 0 heterocycles. The monoisotopic (exact) mass is 268 g/mol. The molecule has 0 unspecified atom stereocenters. The summed E-state index contributed by atoms with van der Waals surface area (Å²) in [4.78, 5) is 0. The molecule has 0 bridgehead atoms. The lowest BCUT2D eigenvalue weighted by Gasteiger charge is -2.27. The summed E-state index contributed by atoms with van der Waals surface area (Å²) in [6.07, 6.45) is 16.7. The smallest absolute Gasteiger partial charge is 0.0162 e. The molecular formula is C20H28. The quantitative estimate of drug-likeness (QED) is 0.571. The fourth-order valence-electron chi connectivity index (χ4n) is 3.22. The van der Waals surface area contributed by atoms with Crippen LogP contribution in [0, 0.1) is 5.92 Å². The molecular weight excluding hydrogens is 240 g/mol. The highest BCUT2D eigenvalue weighted by Gasteiger charge is 2.20. The molecule has 0 aliphatic heterocycles. The zero-order valence-electron chi connectivity index (χ0n) is 13.0. The molecule has 2 rings (SSSR count). The van der Waals surface area contributed by atoms with Gasteiger partial charge in [0.25, 0.3) is 0 Å². The van der Waals surface area contributed by atoms with E-state index < -0.39 is 0 Å². The van der Waals surface area contributed by atoms with Crippen LogP contribution in [0.15, 0.2) is 48.6 Å². The van der Waals surface area contributed by atoms with E-state index >= 15 is 0 Å². The molecule has 0 aromatic heterocycles. The molecule has 1 aromatic rings. The van der Waals surface area contributed by atoms with Crippen LogP contribution in [0.3, 0.4) is 0 Å². The second-order valence-corrected chi connectivity index (χ2v) is 6.01. The van der Waals surface area contributed by atoms with Crippen LogP contribution in [0.4, 0.5) is 0 Å². The third-order valence-electron chi connectivity index (χ3n) is 4.45. The fourth-order valence-corrected chi connectivity index (χ4v) is 3.22. The number of allylic oxidation sites excluding steroid dienone is 4. The minimum atomic E-state index is 0.789. The lowest BCUT2D eigenvalue weighted by molar-refractivity contribution is 0.376. The predicted molar refractivity (Wildman–Crippen MR) is 89.1 cm³/mol. The van der Waals surface area contributed by atoms with Gasteiger partial charge in [-0.05, 0) is 62.0 Å². The molecule has 0 spiro atoms. The number of hydrogen-bond donors (Lipinski definition) is 0. The van der Waals surface area contributed by atoms with Crippen molar-refractivity contribution in [2.75, 3.05) is 0 Å². The van der Waals surface area contributed by atoms with Crippen LogP contribution < -0.4 is 0 Å². The maximum absolute atomic E-state index is 2.39. The molecule has 0 amide bonds. The first kappa shape index (κ1) is 15.1. The maximum atomic E-state index is 2.39. The van der Waals surface area contributed by atoms with E-state index in [1.54, 1.807) is 5.56 Å². The first-order chi connectivity index (χ1) is 9.83. The summed E-state index contributed by atoms with van der Waals surface area (Å²) in [7, 11) is 0. The van der Waals surface area contributed by atoms with E-state index in [1.807, 2.05) is 0 Å². The Kier molecular flexibility index (Phi) is 6.11. The molecule has 1 saturated carbocycles. The van der Waals surface area contributed by atoms with Crippen LogP contribution >= 0.6 is 0 Å². The molecule has 0 N–H and O–H groups in total. The van der Waals surface area contributed by atoms with Crippen LogP contribution in [0.5, 0.6) is 0 Å². The standard InChI is InChI=1S/C20H28/c1-3-5-6-8-18-11-15-20(16-12-18)19-13-9-17(7-4-2)10-14-19/h3,5-6,8-10,13-14,18,20H,4,7,11-12,15-16H2,1-2H3. The Hall–Kier alpha value is -1.30. The van der Waals surface area contributed by atoms with Crippen molar-refractivity contribution in [1.82, 2.24) is 0 Å². The number of hydrogen-bond acceptors (Lipinski definition) is 0. The van der Waals surface area contributed by atoms with Crippen molar-refractivity contribution in [3.05, 3.63) is 59.7 Å². The number of benzene rings is 1. The molecule has 1 fully saturated rings. The van der Waals surface area contributed by atoms with Crippen molar-refractivity contribution >= 4 is 0 Å². The van der Waals surface area contributed by atoms with E-state index in [0.717, 1.165) is 11.8 Å². The average Bonchev–Trinajstić information content (AvgIpc) is 2.49. The molecule has 0 heteroatoms. The van der Waals surface area contributed by atoms with Gasteiger partial charge < -0.3 is 0 Å². The van der Waals surface area contributed by atoms with Gasteiger partial charge in [0.15, 0.2) is 0 Å². The van der Waals surface area contributed by atoms with Crippen molar-refractivity contribution in [3.63, 3.8) is 0 Å². The van der Waals surface area contributed by atoms with Crippen LogP contribution in [0.25, 0.3) is 0 Å². The van der Waals surface area contributed by atoms with Gasteiger partial charge in [-0.1, -0.05) is 61.9 Å². The highest BCUT2D eigenvalue weighted by molar-refractivity contribution is 5.26. The topological polar surface area (TPSA) is 0 Å². The maximum Gasteiger partial charge on any atom is -0.0162 e. The third kappa shape index (κ3) is 4.37. The average molecular weight is 268 g/mol. The summed E-state index contributed by atoms with van der Waals surface area (Å²) in [5, 5.41) is 0. The molecule has 1 aliphatic carbocycles. The molecule has 0 atom stereocenters. The molecule has 0 radical (unpaired) electrons. The van der Waals surface area contributed by atoms with E-state index in [1.165, 1.54) is 44.1 Å². The van der Waals surface area contributed by atoms with Crippen LogP contribution in [0.1, 0.15) is 63.0 Å². The largest absolute Gasteiger partial charge is 0.0877 e. The number of rotatable bonds is 5. The van der Waals surface area contributed by atoms with Gasteiger partial charge in [0.1, 0.15) is 0 Å². The second kappa shape index (κ2) is 8.09. The van der Waals surface area contributed by atoms with Crippen LogP contribution in [0.2, 0.25) is 0 Å². The Balaban J connectivity index is 1.86. The molecule has 20 heavy (non-hydrogen) atoms. The van der Waals surface area contributed by atoms with Gasteiger partial charge in [0.05, 0.1) is 0 Å². The molecule has 1 aliphatic rings.